The van der Waals surface area contributed by atoms with Gasteiger partial charge in [-0.05, 0) is 37.1 Å². The number of fused-ring (bicyclic) bond motifs is 1. The van der Waals surface area contributed by atoms with Gasteiger partial charge in [0.1, 0.15) is 16.1 Å². The first-order valence-corrected chi connectivity index (χ1v) is 10.6. The molecule has 4 rings (SSSR count). The number of amides is 1. The zero-order valence-electron chi connectivity index (χ0n) is 16.6. The lowest BCUT2D eigenvalue weighted by Crippen LogP contribution is -2.56. The molecule has 1 aliphatic heterocycles. The fraction of sp³-hybridized carbons (Fsp3) is 0.318. The van der Waals surface area contributed by atoms with Gasteiger partial charge in [-0.1, -0.05) is 41.4 Å². The van der Waals surface area contributed by atoms with E-state index in [9.17, 15) is 9.59 Å². The van der Waals surface area contributed by atoms with E-state index in [0.717, 1.165) is 16.5 Å². The maximum absolute atomic E-state index is 13.3. The molecular weight excluding hydrogens is 423 g/mol. The van der Waals surface area contributed by atoms with Crippen molar-refractivity contribution < 1.29 is 9.59 Å². The molecule has 1 N–H and O–H groups in total. The number of Topliss-reactive ketones (excluding diaryl/α,β-unsaturated/α-hetero) is 1. The first-order valence-electron chi connectivity index (χ1n) is 9.81. The Hall–Kier alpha value is -2.41. The first kappa shape index (κ1) is 20.8. The quantitative estimate of drug-likeness (QED) is 0.607. The van der Waals surface area contributed by atoms with Crippen molar-refractivity contribution in [1.82, 2.24) is 19.8 Å². The molecule has 0 aliphatic carbocycles. The van der Waals surface area contributed by atoms with Crippen LogP contribution in [0.25, 0.3) is 10.9 Å². The molecular formula is C22H22Cl2N4O2. The molecule has 0 saturated carbocycles. The summed E-state index contributed by atoms with van der Waals surface area (Å²) in [6, 6.07) is 11.1. The molecule has 2 aromatic heterocycles. The summed E-state index contributed by atoms with van der Waals surface area (Å²) in [5.74, 6) is -0.0122. The van der Waals surface area contributed by atoms with Gasteiger partial charge >= 0.3 is 0 Å². The number of nitrogens with zero attached hydrogens (tertiary/aromatic N) is 3. The molecule has 1 aromatic carbocycles. The number of carbonyl (C=O) groups excluding carboxylic acids is 2. The molecule has 0 spiro atoms. The molecule has 1 saturated heterocycles. The van der Waals surface area contributed by atoms with Crippen LogP contribution in [0.5, 0.6) is 0 Å². The Morgan fingerprint density at radius 1 is 1.17 bits per heavy atom. The SMILES string of the molecule is CC(=O)CN1CCN(C(=O)c2cc(Cl)nc(Cl)c2)C(Cc2c[nH]c3ccccc23)C1. The van der Waals surface area contributed by atoms with E-state index in [-0.39, 0.29) is 28.0 Å². The Labute approximate surface area is 184 Å². The van der Waals surface area contributed by atoms with E-state index in [1.807, 2.05) is 29.3 Å². The van der Waals surface area contributed by atoms with Gasteiger partial charge in [-0.15, -0.1) is 0 Å². The summed E-state index contributed by atoms with van der Waals surface area (Å²) >= 11 is 12.0. The Morgan fingerprint density at radius 2 is 1.90 bits per heavy atom. The second-order valence-corrected chi connectivity index (χ2v) is 8.43. The second kappa shape index (κ2) is 8.76. The predicted molar refractivity (Wildman–Crippen MR) is 118 cm³/mol. The van der Waals surface area contributed by atoms with Crippen molar-refractivity contribution in [3.63, 3.8) is 0 Å². The highest BCUT2D eigenvalue weighted by Crippen LogP contribution is 2.24. The van der Waals surface area contributed by atoms with E-state index < -0.39 is 0 Å². The summed E-state index contributed by atoms with van der Waals surface area (Å²) in [5, 5.41) is 1.52. The third-order valence-corrected chi connectivity index (χ3v) is 5.80. The summed E-state index contributed by atoms with van der Waals surface area (Å²) in [6.45, 7) is 3.77. The third-order valence-electron chi connectivity index (χ3n) is 5.41. The van der Waals surface area contributed by atoms with Crippen LogP contribution in [0.15, 0.2) is 42.6 Å². The maximum atomic E-state index is 13.3. The second-order valence-electron chi connectivity index (χ2n) is 7.65. The molecule has 1 amide bonds. The van der Waals surface area contributed by atoms with Crippen molar-refractivity contribution in [1.29, 1.82) is 0 Å². The summed E-state index contributed by atoms with van der Waals surface area (Å²) < 4.78 is 0. The molecule has 156 valence electrons. The molecule has 3 heterocycles. The number of piperazine rings is 1. The van der Waals surface area contributed by atoms with Crippen molar-refractivity contribution in [3.05, 3.63) is 64.0 Å². The van der Waals surface area contributed by atoms with Crippen LogP contribution < -0.4 is 0 Å². The maximum Gasteiger partial charge on any atom is 0.254 e. The van der Waals surface area contributed by atoms with Crippen LogP contribution in [0.4, 0.5) is 0 Å². The van der Waals surface area contributed by atoms with Crippen LogP contribution in [0, 0.1) is 0 Å². The lowest BCUT2D eigenvalue weighted by Gasteiger charge is -2.41. The van der Waals surface area contributed by atoms with Crippen LogP contribution in [0.2, 0.25) is 10.3 Å². The molecule has 6 nitrogen and oxygen atoms in total. The van der Waals surface area contributed by atoms with Crippen LogP contribution in [0.1, 0.15) is 22.8 Å². The number of benzene rings is 1. The van der Waals surface area contributed by atoms with Crippen molar-refractivity contribution in [2.24, 2.45) is 0 Å². The van der Waals surface area contributed by atoms with Gasteiger partial charge in [0, 0.05) is 48.3 Å². The number of nitrogens with one attached hydrogen (secondary N) is 1. The van der Waals surface area contributed by atoms with Crippen molar-refractivity contribution in [2.45, 2.75) is 19.4 Å². The largest absolute Gasteiger partial charge is 0.361 e. The van der Waals surface area contributed by atoms with Crippen LogP contribution in [0.3, 0.4) is 0 Å². The number of carbonyl (C=O) groups is 2. The smallest absolute Gasteiger partial charge is 0.254 e. The van der Waals surface area contributed by atoms with Crippen LogP contribution >= 0.6 is 23.2 Å². The minimum atomic E-state index is -0.131. The summed E-state index contributed by atoms with van der Waals surface area (Å²) in [7, 11) is 0. The normalized spacial score (nSPS) is 17.4. The molecule has 1 unspecified atom stereocenters. The molecule has 3 aromatic rings. The number of aromatic nitrogens is 2. The van der Waals surface area contributed by atoms with E-state index in [1.54, 1.807) is 19.1 Å². The first-order chi connectivity index (χ1) is 14.4. The Bertz CT molecular complexity index is 1080. The van der Waals surface area contributed by atoms with Crippen molar-refractivity contribution >= 4 is 45.8 Å². The standard InChI is InChI=1S/C22H22Cl2N4O2/c1-14(29)12-27-6-7-28(22(30)15-9-20(23)26-21(24)10-15)17(13-27)8-16-11-25-19-5-3-2-4-18(16)19/h2-5,9-11,17,25H,6-8,12-13H2,1H3. The number of ketones is 1. The summed E-state index contributed by atoms with van der Waals surface area (Å²) in [5.41, 5.74) is 2.63. The fourth-order valence-corrected chi connectivity index (χ4v) is 4.59. The Kier molecular flexibility index (Phi) is 6.09. The monoisotopic (exact) mass is 444 g/mol. The van der Waals surface area contributed by atoms with Gasteiger partial charge in [0.05, 0.1) is 6.54 Å². The van der Waals surface area contributed by atoms with Gasteiger partial charge < -0.3 is 9.88 Å². The molecule has 1 aliphatic rings. The molecule has 1 fully saturated rings. The van der Waals surface area contributed by atoms with Crippen LogP contribution in [-0.2, 0) is 11.2 Å². The number of pyridine rings is 1. The summed E-state index contributed by atoms with van der Waals surface area (Å²) in [6.07, 6.45) is 2.67. The lowest BCUT2D eigenvalue weighted by atomic mass is 10.00. The fourth-order valence-electron chi connectivity index (χ4n) is 4.13. The Morgan fingerprint density at radius 3 is 2.63 bits per heavy atom. The number of hydrogen-bond acceptors (Lipinski definition) is 4. The minimum absolute atomic E-state index is 0.0875. The van der Waals surface area contributed by atoms with Gasteiger partial charge in [0.25, 0.3) is 5.91 Å². The highest BCUT2D eigenvalue weighted by Gasteiger charge is 2.32. The molecule has 0 bridgehead atoms. The lowest BCUT2D eigenvalue weighted by molar-refractivity contribution is -0.118. The van der Waals surface area contributed by atoms with Crippen LogP contribution in [-0.4, -0.2) is 63.7 Å². The number of aromatic amines is 1. The average Bonchev–Trinajstić information content (AvgIpc) is 3.09. The van der Waals surface area contributed by atoms with E-state index in [0.29, 0.717) is 38.2 Å². The molecule has 8 heteroatoms. The summed E-state index contributed by atoms with van der Waals surface area (Å²) in [4.78, 5) is 36.2. The predicted octanol–water partition coefficient (Wildman–Crippen LogP) is 3.83. The van der Waals surface area contributed by atoms with E-state index in [4.69, 9.17) is 23.2 Å². The highest BCUT2D eigenvalue weighted by atomic mass is 35.5. The molecule has 1 atom stereocenters. The third kappa shape index (κ3) is 4.51. The zero-order valence-corrected chi connectivity index (χ0v) is 18.1. The van der Waals surface area contributed by atoms with E-state index in [1.165, 1.54) is 0 Å². The molecule has 0 radical (unpaired) electrons. The zero-order chi connectivity index (χ0) is 21.3. The topological polar surface area (TPSA) is 69.3 Å². The highest BCUT2D eigenvalue weighted by molar-refractivity contribution is 6.33. The average molecular weight is 445 g/mol. The van der Waals surface area contributed by atoms with Gasteiger partial charge in [-0.25, -0.2) is 4.98 Å². The van der Waals surface area contributed by atoms with Gasteiger partial charge in [-0.2, -0.15) is 0 Å². The van der Waals surface area contributed by atoms with Gasteiger partial charge in [0.2, 0.25) is 0 Å². The van der Waals surface area contributed by atoms with E-state index >= 15 is 0 Å². The van der Waals surface area contributed by atoms with Crippen molar-refractivity contribution in [2.75, 3.05) is 26.2 Å². The number of para-hydroxylation sites is 1. The van der Waals surface area contributed by atoms with Gasteiger partial charge in [0.15, 0.2) is 0 Å². The number of H-pyrrole nitrogens is 1. The van der Waals surface area contributed by atoms with Gasteiger partial charge in [-0.3, -0.25) is 14.5 Å². The van der Waals surface area contributed by atoms with E-state index in [2.05, 4.69) is 20.9 Å². The molecule has 30 heavy (non-hydrogen) atoms. The number of rotatable bonds is 5. The Balaban J connectivity index is 1.63. The van der Waals surface area contributed by atoms with Crippen molar-refractivity contribution in [3.8, 4) is 0 Å². The minimum Gasteiger partial charge on any atom is -0.361 e. The number of hydrogen-bond donors (Lipinski definition) is 1. The number of halogens is 2.